The maximum Gasteiger partial charge on any atom is 0.0156 e. The predicted octanol–water partition coefficient (Wildman–Crippen LogP) is 0.674. The molecule has 3 atom stereocenters. The summed E-state index contributed by atoms with van der Waals surface area (Å²) in [5.74, 6) is 0.796. The number of hydrogen-bond donors (Lipinski definition) is 1. The van der Waals surface area contributed by atoms with Crippen molar-refractivity contribution >= 4 is 0 Å². The summed E-state index contributed by atoms with van der Waals surface area (Å²) in [6.07, 6.45) is 0. The summed E-state index contributed by atoms with van der Waals surface area (Å²) >= 11 is 0. The normalized spacial score (nSPS) is 49.9. The third-order valence-electron chi connectivity index (χ3n) is 3.64. The van der Waals surface area contributed by atoms with Gasteiger partial charge < -0.3 is 5.73 Å². The molecule has 2 aliphatic rings. The number of hydrogen-bond acceptors (Lipinski definition) is 2. The molecule has 2 fully saturated rings. The summed E-state index contributed by atoms with van der Waals surface area (Å²) in [4.78, 5) is 2.54. The van der Waals surface area contributed by atoms with Crippen molar-refractivity contribution in [3.05, 3.63) is 0 Å². The predicted molar refractivity (Wildman–Crippen MR) is 46.3 cm³/mol. The van der Waals surface area contributed by atoms with Crippen LogP contribution >= 0.6 is 0 Å². The maximum atomic E-state index is 5.94. The third-order valence-corrected chi connectivity index (χ3v) is 3.64. The molecule has 0 amide bonds. The lowest BCUT2D eigenvalue weighted by atomic mass is 10.1. The van der Waals surface area contributed by atoms with Crippen molar-refractivity contribution in [3.63, 3.8) is 0 Å². The second kappa shape index (κ2) is 1.99. The van der Waals surface area contributed by atoms with E-state index in [2.05, 4.69) is 25.7 Å². The van der Waals surface area contributed by atoms with Crippen LogP contribution < -0.4 is 5.73 Å². The van der Waals surface area contributed by atoms with Gasteiger partial charge in [-0.2, -0.15) is 0 Å². The van der Waals surface area contributed by atoms with Crippen molar-refractivity contribution in [2.24, 2.45) is 17.1 Å². The molecule has 1 aliphatic heterocycles. The smallest absolute Gasteiger partial charge is 0.0156 e. The van der Waals surface area contributed by atoms with Crippen molar-refractivity contribution in [3.8, 4) is 0 Å². The van der Waals surface area contributed by atoms with Gasteiger partial charge in [-0.05, 0) is 19.8 Å². The molecule has 0 unspecified atom stereocenters. The molecular formula is C9H18N2. The first-order valence-corrected chi connectivity index (χ1v) is 4.55. The van der Waals surface area contributed by atoms with Crippen LogP contribution in [-0.2, 0) is 0 Å². The number of nitrogens with zero attached hydrogens (tertiary/aromatic N) is 1. The second-order valence-electron chi connectivity index (χ2n) is 4.66. The fourth-order valence-electron chi connectivity index (χ4n) is 2.39. The Hall–Kier alpha value is -0.0800. The first-order valence-electron chi connectivity index (χ1n) is 4.55. The number of likely N-dealkylation sites (tertiary alicyclic amines) is 1. The van der Waals surface area contributed by atoms with Gasteiger partial charge in [0.1, 0.15) is 0 Å². The van der Waals surface area contributed by atoms with Crippen LogP contribution in [0.5, 0.6) is 0 Å². The molecule has 0 radical (unpaired) electrons. The zero-order valence-electron chi connectivity index (χ0n) is 7.67. The Balaban J connectivity index is 2.00. The molecule has 0 spiro atoms. The van der Waals surface area contributed by atoms with Crippen LogP contribution in [0.3, 0.4) is 0 Å². The van der Waals surface area contributed by atoms with Gasteiger partial charge in [-0.3, -0.25) is 4.90 Å². The Labute approximate surface area is 68.7 Å². The lowest BCUT2D eigenvalue weighted by molar-refractivity contribution is 0.227. The van der Waals surface area contributed by atoms with Gasteiger partial charge in [0, 0.05) is 30.6 Å². The fraction of sp³-hybridized carbons (Fsp3) is 1.00. The lowest BCUT2D eigenvalue weighted by Crippen LogP contribution is -2.35. The molecule has 64 valence electrons. The monoisotopic (exact) mass is 154 g/mol. The highest BCUT2D eigenvalue weighted by Gasteiger charge is 2.64. The van der Waals surface area contributed by atoms with Gasteiger partial charge in [0.25, 0.3) is 0 Å². The highest BCUT2D eigenvalue weighted by atomic mass is 15.2. The van der Waals surface area contributed by atoms with Gasteiger partial charge >= 0.3 is 0 Å². The zero-order chi connectivity index (χ0) is 8.22. The van der Waals surface area contributed by atoms with Crippen LogP contribution in [0, 0.1) is 11.3 Å². The quantitative estimate of drug-likeness (QED) is 0.601. The number of fused-ring (bicyclic) bond motifs is 1. The molecule has 2 nitrogen and oxygen atoms in total. The van der Waals surface area contributed by atoms with E-state index in [-0.39, 0.29) is 0 Å². The van der Waals surface area contributed by atoms with Crippen LogP contribution in [0.2, 0.25) is 0 Å². The Morgan fingerprint density at radius 3 is 2.55 bits per heavy atom. The van der Waals surface area contributed by atoms with Crippen LogP contribution in [0.25, 0.3) is 0 Å². The molecule has 1 saturated carbocycles. The molecule has 0 bridgehead atoms. The molecule has 2 rings (SSSR count). The van der Waals surface area contributed by atoms with E-state index < -0.39 is 0 Å². The first-order chi connectivity index (χ1) is 5.05. The summed E-state index contributed by atoms with van der Waals surface area (Å²) in [6, 6.07) is 1.20. The van der Waals surface area contributed by atoms with Crippen LogP contribution in [0.4, 0.5) is 0 Å². The van der Waals surface area contributed by atoms with Gasteiger partial charge in [-0.1, -0.05) is 6.92 Å². The molecule has 2 N–H and O–H groups in total. The Morgan fingerprint density at radius 1 is 1.55 bits per heavy atom. The number of piperidine rings is 1. The lowest BCUT2D eigenvalue weighted by Gasteiger charge is -2.24. The number of rotatable bonds is 1. The molecule has 1 saturated heterocycles. The summed E-state index contributed by atoms with van der Waals surface area (Å²) in [6.45, 7) is 9.30. The van der Waals surface area contributed by atoms with Crippen molar-refractivity contribution in [1.29, 1.82) is 0 Å². The van der Waals surface area contributed by atoms with E-state index in [0.29, 0.717) is 17.5 Å². The number of nitrogens with two attached hydrogens (primary N) is 1. The third kappa shape index (κ3) is 0.859. The SMILES string of the molecule is CC(C)N1C[C@H]2[C@H](N)[C@@]2(C)C1. The second-order valence-corrected chi connectivity index (χ2v) is 4.66. The minimum atomic E-state index is 0.476. The molecular weight excluding hydrogens is 136 g/mol. The van der Waals surface area contributed by atoms with Crippen LogP contribution in [0.1, 0.15) is 20.8 Å². The molecule has 0 aromatic rings. The summed E-state index contributed by atoms with van der Waals surface area (Å²) in [5.41, 5.74) is 6.42. The van der Waals surface area contributed by atoms with Crippen LogP contribution in [0.15, 0.2) is 0 Å². The van der Waals surface area contributed by atoms with Gasteiger partial charge in [-0.25, -0.2) is 0 Å². The molecule has 2 heteroatoms. The maximum absolute atomic E-state index is 5.94. The van der Waals surface area contributed by atoms with Gasteiger partial charge in [0.05, 0.1) is 0 Å². The van der Waals surface area contributed by atoms with E-state index in [1.165, 1.54) is 13.1 Å². The van der Waals surface area contributed by atoms with Crippen molar-refractivity contribution < 1.29 is 0 Å². The Kier molecular flexibility index (Phi) is 1.37. The van der Waals surface area contributed by atoms with E-state index in [1.54, 1.807) is 0 Å². The van der Waals surface area contributed by atoms with Gasteiger partial charge in [-0.15, -0.1) is 0 Å². The topological polar surface area (TPSA) is 29.3 Å². The first kappa shape index (κ1) is 7.56. The average Bonchev–Trinajstić information content (AvgIpc) is 2.34. The van der Waals surface area contributed by atoms with Crippen molar-refractivity contribution in [1.82, 2.24) is 4.90 Å². The highest BCUT2D eigenvalue weighted by molar-refractivity contribution is 5.18. The Morgan fingerprint density at radius 2 is 2.18 bits per heavy atom. The van der Waals surface area contributed by atoms with Gasteiger partial charge in [0.15, 0.2) is 0 Å². The van der Waals surface area contributed by atoms with E-state index in [9.17, 15) is 0 Å². The standard InChI is InChI=1S/C9H18N2/c1-6(2)11-4-7-8(10)9(7,3)5-11/h6-8H,4-5,10H2,1-3H3/t7-,8-,9-/m0/s1. The molecule has 1 aliphatic carbocycles. The minimum Gasteiger partial charge on any atom is -0.327 e. The molecule has 0 aromatic heterocycles. The Bertz CT molecular complexity index is 178. The molecule has 0 aromatic carbocycles. The van der Waals surface area contributed by atoms with E-state index in [4.69, 9.17) is 5.73 Å². The van der Waals surface area contributed by atoms with Crippen molar-refractivity contribution in [2.45, 2.75) is 32.9 Å². The van der Waals surface area contributed by atoms with E-state index in [1.807, 2.05) is 0 Å². The van der Waals surface area contributed by atoms with Gasteiger partial charge in [0.2, 0.25) is 0 Å². The molecule has 11 heavy (non-hydrogen) atoms. The van der Waals surface area contributed by atoms with Crippen molar-refractivity contribution in [2.75, 3.05) is 13.1 Å². The highest BCUT2D eigenvalue weighted by Crippen LogP contribution is 2.56. The average molecular weight is 154 g/mol. The fourth-order valence-corrected chi connectivity index (χ4v) is 2.39. The van der Waals surface area contributed by atoms with E-state index >= 15 is 0 Å². The van der Waals surface area contributed by atoms with Crippen LogP contribution in [-0.4, -0.2) is 30.1 Å². The zero-order valence-corrected chi connectivity index (χ0v) is 7.67. The largest absolute Gasteiger partial charge is 0.327 e. The summed E-state index contributed by atoms with van der Waals surface area (Å²) < 4.78 is 0. The molecule has 1 heterocycles. The minimum absolute atomic E-state index is 0.476. The summed E-state index contributed by atoms with van der Waals surface area (Å²) in [7, 11) is 0. The van der Waals surface area contributed by atoms with E-state index in [0.717, 1.165) is 5.92 Å². The summed E-state index contributed by atoms with van der Waals surface area (Å²) in [5, 5.41) is 0.